The van der Waals surface area contributed by atoms with Crippen molar-refractivity contribution in [1.29, 1.82) is 0 Å². The van der Waals surface area contributed by atoms with Gasteiger partial charge in [0, 0.05) is 30.9 Å². The molecule has 1 aromatic heterocycles. The molecule has 0 aliphatic carbocycles. The third-order valence-electron chi connectivity index (χ3n) is 3.57. The Morgan fingerprint density at radius 1 is 1.26 bits per heavy atom. The lowest BCUT2D eigenvalue weighted by molar-refractivity contribution is 0.0185. The minimum atomic E-state index is -0.0915. The zero-order chi connectivity index (χ0) is 13.9. The Morgan fingerprint density at radius 2 is 2.05 bits per heavy atom. The summed E-state index contributed by atoms with van der Waals surface area (Å²) in [5.41, 5.74) is 3.32. The highest BCUT2D eigenvalue weighted by molar-refractivity contribution is 5.93. The zero-order valence-corrected chi connectivity index (χ0v) is 12.2. The van der Waals surface area contributed by atoms with Gasteiger partial charge in [0.2, 0.25) is 0 Å². The number of pyridine rings is 1. The van der Waals surface area contributed by atoms with Crippen LogP contribution in [0.1, 0.15) is 25.8 Å². The second-order valence-corrected chi connectivity index (χ2v) is 5.47. The van der Waals surface area contributed by atoms with Crippen LogP contribution in [0.5, 0.6) is 0 Å². The number of nitrogens with zero attached hydrogens (tertiary/aromatic N) is 1. The average molecular weight is 258 g/mol. The molecule has 102 valence electrons. The minimum absolute atomic E-state index is 0.0915. The maximum absolute atomic E-state index is 5.43. The summed E-state index contributed by atoms with van der Waals surface area (Å²) in [7, 11) is 1.76. The SMILES string of the molecule is COC(C)(C)CCNc1ccc(C)c2ncccc12. The highest BCUT2D eigenvalue weighted by Crippen LogP contribution is 2.25. The number of fused-ring (bicyclic) bond motifs is 1. The van der Waals surface area contributed by atoms with E-state index in [-0.39, 0.29) is 5.60 Å². The molecule has 0 spiro atoms. The van der Waals surface area contributed by atoms with Crippen LogP contribution in [0.15, 0.2) is 30.5 Å². The smallest absolute Gasteiger partial charge is 0.0751 e. The number of nitrogens with one attached hydrogen (secondary N) is 1. The van der Waals surface area contributed by atoms with Crippen molar-refractivity contribution in [2.24, 2.45) is 0 Å². The fourth-order valence-corrected chi connectivity index (χ4v) is 2.07. The third-order valence-corrected chi connectivity index (χ3v) is 3.57. The molecule has 2 rings (SSSR count). The van der Waals surface area contributed by atoms with E-state index in [9.17, 15) is 0 Å². The lowest BCUT2D eigenvalue weighted by atomic mass is 10.0. The van der Waals surface area contributed by atoms with Gasteiger partial charge >= 0.3 is 0 Å². The third kappa shape index (κ3) is 3.24. The Hall–Kier alpha value is -1.61. The molecule has 1 N–H and O–H groups in total. The first-order valence-electron chi connectivity index (χ1n) is 6.67. The van der Waals surface area contributed by atoms with E-state index >= 15 is 0 Å². The summed E-state index contributed by atoms with van der Waals surface area (Å²) in [6.45, 7) is 7.17. The van der Waals surface area contributed by atoms with Crippen molar-refractivity contribution >= 4 is 16.6 Å². The van der Waals surface area contributed by atoms with Gasteiger partial charge in [-0.15, -0.1) is 0 Å². The van der Waals surface area contributed by atoms with Crippen molar-refractivity contribution in [1.82, 2.24) is 4.98 Å². The Bertz CT molecular complexity index is 564. The van der Waals surface area contributed by atoms with Gasteiger partial charge in [-0.05, 0) is 51.0 Å². The van der Waals surface area contributed by atoms with Gasteiger partial charge in [0.05, 0.1) is 11.1 Å². The maximum atomic E-state index is 5.43. The van der Waals surface area contributed by atoms with Gasteiger partial charge in [-0.1, -0.05) is 6.07 Å². The topological polar surface area (TPSA) is 34.1 Å². The monoisotopic (exact) mass is 258 g/mol. The second-order valence-electron chi connectivity index (χ2n) is 5.47. The van der Waals surface area contributed by atoms with Gasteiger partial charge < -0.3 is 10.1 Å². The van der Waals surface area contributed by atoms with Gasteiger partial charge in [-0.25, -0.2) is 0 Å². The standard InChI is InChI=1S/C16H22N2O/c1-12-7-8-14(13-6-5-10-18-15(12)13)17-11-9-16(2,3)19-4/h5-8,10,17H,9,11H2,1-4H3. The number of aromatic nitrogens is 1. The van der Waals surface area contributed by atoms with Gasteiger partial charge in [-0.3, -0.25) is 4.98 Å². The van der Waals surface area contributed by atoms with Crippen LogP contribution < -0.4 is 5.32 Å². The van der Waals surface area contributed by atoms with E-state index in [1.807, 2.05) is 12.3 Å². The van der Waals surface area contributed by atoms with Crippen molar-refractivity contribution in [2.75, 3.05) is 19.0 Å². The molecule has 2 aromatic rings. The quantitative estimate of drug-likeness (QED) is 0.886. The molecule has 0 atom stereocenters. The largest absolute Gasteiger partial charge is 0.384 e. The molecule has 0 fully saturated rings. The molecule has 0 saturated carbocycles. The van der Waals surface area contributed by atoms with Gasteiger partial charge in [0.15, 0.2) is 0 Å². The summed E-state index contributed by atoms with van der Waals surface area (Å²) in [6, 6.07) is 8.32. The second kappa shape index (κ2) is 5.57. The van der Waals surface area contributed by atoms with Crippen molar-refractivity contribution in [3.63, 3.8) is 0 Å². The van der Waals surface area contributed by atoms with E-state index in [1.54, 1.807) is 7.11 Å². The normalized spacial score (nSPS) is 11.8. The van der Waals surface area contributed by atoms with E-state index in [0.717, 1.165) is 24.2 Å². The van der Waals surface area contributed by atoms with E-state index in [1.165, 1.54) is 10.9 Å². The Balaban J connectivity index is 2.16. The van der Waals surface area contributed by atoms with E-state index < -0.39 is 0 Å². The highest BCUT2D eigenvalue weighted by atomic mass is 16.5. The number of benzene rings is 1. The predicted molar refractivity (Wildman–Crippen MR) is 80.7 cm³/mol. The van der Waals surface area contributed by atoms with Crippen molar-refractivity contribution in [3.05, 3.63) is 36.0 Å². The first-order valence-corrected chi connectivity index (χ1v) is 6.67. The Morgan fingerprint density at radius 3 is 2.79 bits per heavy atom. The number of methoxy groups -OCH3 is 1. The lowest BCUT2D eigenvalue weighted by Gasteiger charge is -2.23. The molecule has 0 saturated heterocycles. The molecule has 0 aliphatic heterocycles. The number of rotatable bonds is 5. The molecule has 0 radical (unpaired) electrons. The summed E-state index contributed by atoms with van der Waals surface area (Å²) in [4.78, 5) is 4.45. The minimum Gasteiger partial charge on any atom is -0.384 e. The van der Waals surface area contributed by atoms with E-state index in [4.69, 9.17) is 4.74 Å². The van der Waals surface area contributed by atoms with Gasteiger partial charge in [-0.2, -0.15) is 0 Å². The molecule has 0 amide bonds. The molecule has 1 heterocycles. The fourth-order valence-electron chi connectivity index (χ4n) is 2.07. The molecule has 0 unspecified atom stereocenters. The summed E-state index contributed by atoms with van der Waals surface area (Å²) >= 11 is 0. The highest BCUT2D eigenvalue weighted by Gasteiger charge is 2.15. The van der Waals surface area contributed by atoms with Gasteiger partial charge in [0.25, 0.3) is 0 Å². The number of aryl methyl sites for hydroxylation is 1. The van der Waals surface area contributed by atoms with E-state index in [0.29, 0.717) is 0 Å². The molecular formula is C16H22N2O. The summed E-state index contributed by atoms with van der Waals surface area (Å²) in [5, 5.41) is 4.66. The van der Waals surface area contributed by atoms with Crippen molar-refractivity contribution in [2.45, 2.75) is 32.8 Å². The van der Waals surface area contributed by atoms with Crippen LogP contribution in [0.4, 0.5) is 5.69 Å². The lowest BCUT2D eigenvalue weighted by Crippen LogP contribution is -2.25. The number of ether oxygens (including phenoxy) is 1. The molecule has 3 nitrogen and oxygen atoms in total. The Labute approximate surface area is 115 Å². The maximum Gasteiger partial charge on any atom is 0.0751 e. The number of hydrogen-bond acceptors (Lipinski definition) is 3. The fraction of sp³-hybridized carbons (Fsp3) is 0.438. The van der Waals surface area contributed by atoms with Crippen LogP contribution >= 0.6 is 0 Å². The number of anilines is 1. The first kappa shape index (κ1) is 13.8. The van der Waals surface area contributed by atoms with Crippen LogP contribution in [0.25, 0.3) is 10.9 Å². The summed E-state index contributed by atoms with van der Waals surface area (Å²) < 4.78 is 5.43. The van der Waals surface area contributed by atoms with Crippen LogP contribution in [-0.2, 0) is 4.74 Å². The molecular weight excluding hydrogens is 236 g/mol. The van der Waals surface area contributed by atoms with Crippen molar-refractivity contribution < 1.29 is 4.74 Å². The number of hydrogen-bond donors (Lipinski definition) is 1. The molecule has 19 heavy (non-hydrogen) atoms. The first-order chi connectivity index (χ1) is 9.03. The average Bonchev–Trinajstić information content (AvgIpc) is 2.42. The van der Waals surface area contributed by atoms with E-state index in [2.05, 4.69) is 49.3 Å². The Kier molecular flexibility index (Phi) is 4.05. The van der Waals surface area contributed by atoms with Crippen LogP contribution in [-0.4, -0.2) is 24.2 Å². The van der Waals surface area contributed by atoms with Crippen LogP contribution in [0.2, 0.25) is 0 Å². The molecule has 0 aliphatic rings. The van der Waals surface area contributed by atoms with Crippen LogP contribution in [0, 0.1) is 6.92 Å². The zero-order valence-electron chi connectivity index (χ0n) is 12.2. The molecule has 0 bridgehead atoms. The van der Waals surface area contributed by atoms with Crippen LogP contribution in [0.3, 0.4) is 0 Å². The molecule has 1 aromatic carbocycles. The van der Waals surface area contributed by atoms with Crippen molar-refractivity contribution in [3.8, 4) is 0 Å². The molecule has 3 heteroatoms. The predicted octanol–water partition coefficient (Wildman–Crippen LogP) is 3.77. The van der Waals surface area contributed by atoms with Gasteiger partial charge in [0.1, 0.15) is 0 Å². The summed E-state index contributed by atoms with van der Waals surface area (Å²) in [6.07, 6.45) is 2.80. The summed E-state index contributed by atoms with van der Waals surface area (Å²) in [5.74, 6) is 0.